The summed E-state index contributed by atoms with van der Waals surface area (Å²) in [5.74, 6) is 0.928. The lowest BCUT2D eigenvalue weighted by Gasteiger charge is -2.27. The second-order valence-electron chi connectivity index (χ2n) is 5.94. The van der Waals surface area contributed by atoms with Gasteiger partial charge in [-0.1, -0.05) is 19.1 Å². The molecule has 4 nitrogen and oxygen atoms in total. The molecule has 2 aromatic rings. The van der Waals surface area contributed by atoms with Crippen molar-refractivity contribution in [1.82, 2.24) is 4.98 Å². The summed E-state index contributed by atoms with van der Waals surface area (Å²) in [6.07, 6.45) is 2.39. The number of benzene rings is 1. The van der Waals surface area contributed by atoms with Crippen molar-refractivity contribution in [3.8, 4) is 5.75 Å². The minimum Gasteiger partial charge on any atom is -0.507 e. The fraction of sp³-hybridized carbons (Fsp3) is 0.438. The Hall–Kier alpha value is -1.81. The number of aromatic nitrogens is 1. The smallest absolute Gasteiger partial charge is 0.261 e. The number of piperidine rings is 1. The van der Waals surface area contributed by atoms with Crippen LogP contribution in [-0.2, 0) is 6.54 Å². The van der Waals surface area contributed by atoms with E-state index in [2.05, 4.69) is 11.9 Å². The number of quaternary nitrogens is 1. The van der Waals surface area contributed by atoms with Gasteiger partial charge in [-0.25, -0.2) is 0 Å². The summed E-state index contributed by atoms with van der Waals surface area (Å²) < 4.78 is 0. The number of para-hydroxylation sites is 1. The maximum Gasteiger partial charge on any atom is 0.261 e. The normalized spacial score (nSPS) is 23.1. The van der Waals surface area contributed by atoms with Crippen LogP contribution < -0.4 is 10.5 Å². The maximum atomic E-state index is 12.2. The average molecular weight is 273 g/mol. The molecule has 1 aliphatic rings. The molecule has 1 aliphatic heterocycles. The van der Waals surface area contributed by atoms with Crippen molar-refractivity contribution in [2.24, 2.45) is 5.92 Å². The van der Waals surface area contributed by atoms with Gasteiger partial charge in [-0.15, -0.1) is 0 Å². The van der Waals surface area contributed by atoms with Gasteiger partial charge in [0.15, 0.2) is 0 Å². The summed E-state index contributed by atoms with van der Waals surface area (Å²) in [5.41, 5.74) is 1.06. The predicted octanol–water partition coefficient (Wildman–Crippen LogP) is 1.05. The van der Waals surface area contributed by atoms with E-state index in [0.717, 1.165) is 24.4 Å². The molecule has 3 rings (SSSR count). The van der Waals surface area contributed by atoms with Crippen LogP contribution in [0.3, 0.4) is 0 Å². The van der Waals surface area contributed by atoms with Gasteiger partial charge in [-0.05, 0) is 30.9 Å². The number of nitrogens with one attached hydrogen (secondary N) is 2. The van der Waals surface area contributed by atoms with E-state index in [1.165, 1.54) is 17.7 Å². The highest BCUT2D eigenvalue weighted by Crippen LogP contribution is 2.23. The molecule has 0 aliphatic carbocycles. The van der Waals surface area contributed by atoms with E-state index in [1.807, 2.05) is 24.3 Å². The van der Waals surface area contributed by atoms with Crippen LogP contribution >= 0.6 is 0 Å². The number of hydrogen-bond acceptors (Lipinski definition) is 2. The van der Waals surface area contributed by atoms with Crippen LogP contribution in [-0.4, -0.2) is 23.2 Å². The number of aromatic hydroxyl groups is 1. The first-order valence-electron chi connectivity index (χ1n) is 7.31. The minimum absolute atomic E-state index is 0.149. The summed E-state index contributed by atoms with van der Waals surface area (Å²) in [4.78, 5) is 16.4. The molecule has 20 heavy (non-hydrogen) atoms. The van der Waals surface area contributed by atoms with Crippen LogP contribution in [0.25, 0.3) is 10.9 Å². The van der Waals surface area contributed by atoms with E-state index >= 15 is 0 Å². The second-order valence-corrected chi connectivity index (χ2v) is 5.94. The third-order valence-electron chi connectivity index (χ3n) is 4.40. The molecular formula is C16H21N2O2+. The number of likely N-dealkylation sites (tertiary alicyclic amines) is 1. The number of H-pyrrole nitrogens is 1. The molecule has 4 heteroatoms. The van der Waals surface area contributed by atoms with Crippen molar-refractivity contribution < 1.29 is 10.0 Å². The number of rotatable bonds is 2. The van der Waals surface area contributed by atoms with Gasteiger partial charge in [0, 0.05) is 5.39 Å². The predicted molar refractivity (Wildman–Crippen MR) is 79.0 cm³/mol. The molecule has 2 heterocycles. The van der Waals surface area contributed by atoms with Crippen LogP contribution in [0.4, 0.5) is 0 Å². The van der Waals surface area contributed by atoms with Crippen LogP contribution in [0, 0.1) is 5.92 Å². The first-order chi connectivity index (χ1) is 9.65. The fourth-order valence-electron chi connectivity index (χ4n) is 3.03. The molecule has 1 aromatic carbocycles. The molecular weight excluding hydrogens is 252 g/mol. The van der Waals surface area contributed by atoms with E-state index < -0.39 is 0 Å². The molecule has 1 saturated heterocycles. The molecule has 1 aromatic heterocycles. The average Bonchev–Trinajstić information content (AvgIpc) is 2.45. The Kier molecular flexibility index (Phi) is 3.49. The minimum atomic E-state index is -0.160. The Balaban J connectivity index is 1.93. The summed E-state index contributed by atoms with van der Waals surface area (Å²) in [7, 11) is 0. The third-order valence-corrected chi connectivity index (χ3v) is 4.40. The van der Waals surface area contributed by atoms with E-state index in [4.69, 9.17) is 0 Å². The highest BCUT2D eigenvalue weighted by atomic mass is 16.3. The van der Waals surface area contributed by atoms with Gasteiger partial charge in [0.25, 0.3) is 5.56 Å². The van der Waals surface area contributed by atoms with Crippen molar-refractivity contribution in [2.75, 3.05) is 13.1 Å². The number of hydrogen-bond donors (Lipinski definition) is 3. The molecule has 106 valence electrons. The van der Waals surface area contributed by atoms with E-state index in [-0.39, 0.29) is 11.3 Å². The van der Waals surface area contributed by atoms with Crippen molar-refractivity contribution in [2.45, 2.75) is 26.3 Å². The van der Waals surface area contributed by atoms with Crippen LogP contribution in [0.15, 0.2) is 29.1 Å². The standard InChI is InChI=1S/C16H20N2O2/c1-11-6-8-18(9-7-11)10-13-15(19)12-4-2-3-5-14(12)17-16(13)20/h2-5,11H,6-10H2,1H3,(H2,17,19,20)/p+1. The zero-order chi connectivity index (χ0) is 14.1. The van der Waals surface area contributed by atoms with E-state index in [1.54, 1.807) is 0 Å². The lowest BCUT2D eigenvalue weighted by molar-refractivity contribution is -0.919. The third kappa shape index (κ3) is 2.43. The Morgan fingerprint density at radius 2 is 2.00 bits per heavy atom. The number of pyridine rings is 1. The van der Waals surface area contributed by atoms with Gasteiger partial charge in [0.05, 0.1) is 18.6 Å². The Labute approximate surface area is 118 Å². The summed E-state index contributed by atoms with van der Waals surface area (Å²) in [5, 5.41) is 11.1. The molecule has 1 fully saturated rings. The highest BCUT2D eigenvalue weighted by molar-refractivity contribution is 5.85. The molecule has 0 bridgehead atoms. The molecule has 3 N–H and O–H groups in total. The molecule has 0 saturated carbocycles. The maximum absolute atomic E-state index is 12.2. The van der Waals surface area contributed by atoms with E-state index in [9.17, 15) is 9.90 Å². The van der Waals surface area contributed by atoms with Gasteiger partial charge < -0.3 is 15.0 Å². The SMILES string of the molecule is CC1CC[NH+](Cc2c(O)c3ccccc3[nH]c2=O)CC1. The van der Waals surface area contributed by atoms with Crippen molar-refractivity contribution in [3.05, 3.63) is 40.2 Å². The van der Waals surface area contributed by atoms with Crippen molar-refractivity contribution in [1.29, 1.82) is 0 Å². The lowest BCUT2D eigenvalue weighted by atomic mass is 9.99. The van der Waals surface area contributed by atoms with Crippen LogP contribution in [0.1, 0.15) is 25.3 Å². The summed E-state index contributed by atoms with van der Waals surface area (Å²) in [6.45, 7) is 5.04. The number of aromatic amines is 1. The van der Waals surface area contributed by atoms with Gasteiger partial charge in [-0.2, -0.15) is 0 Å². The molecule has 0 radical (unpaired) electrons. The highest BCUT2D eigenvalue weighted by Gasteiger charge is 2.22. The Morgan fingerprint density at radius 3 is 2.75 bits per heavy atom. The first-order valence-corrected chi connectivity index (χ1v) is 7.31. The quantitative estimate of drug-likeness (QED) is 0.766. The van der Waals surface area contributed by atoms with Crippen LogP contribution in [0.5, 0.6) is 5.75 Å². The zero-order valence-corrected chi connectivity index (χ0v) is 11.8. The van der Waals surface area contributed by atoms with Crippen molar-refractivity contribution in [3.63, 3.8) is 0 Å². The topological polar surface area (TPSA) is 57.5 Å². The molecule has 0 amide bonds. The van der Waals surface area contributed by atoms with Gasteiger partial charge in [0.1, 0.15) is 17.9 Å². The lowest BCUT2D eigenvalue weighted by Crippen LogP contribution is -3.11. The second kappa shape index (κ2) is 5.29. The first kappa shape index (κ1) is 13.2. The molecule has 0 spiro atoms. The molecule has 0 atom stereocenters. The van der Waals surface area contributed by atoms with E-state index in [0.29, 0.717) is 17.6 Å². The monoisotopic (exact) mass is 273 g/mol. The van der Waals surface area contributed by atoms with Gasteiger partial charge >= 0.3 is 0 Å². The zero-order valence-electron chi connectivity index (χ0n) is 11.8. The molecule has 0 unspecified atom stereocenters. The Morgan fingerprint density at radius 1 is 1.30 bits per heavy atom. The number of fused-ring (bicyclic) bond motifs is 1. The van der Waals surface area contributed by atoms with Crippen LogP contribution in [0.2, 0.25) is 0 Å². The largest absolute Gasteiger partial charge is 0.507 e. The van der Waals surface area contributed by atoms with Crippen molar-refractivity contribution >= 4 is 10.9 Å². The van der Waals surface area contributed by atoms with Gasteiger partial charge in [0.2, 0.25) is 0 Å². The summed E-state index contributed by atoms with van der Waals surface area (Å²) >= 11 is 0. The van der Waals surface area contributed by atoms with Gasteiger partial charge in [-0.3, -0.25) is 4.79 Å². The Bertz CT molecular complexity index is 670. The summed E-state index contributed by atoms with van der Waals surface area (Å²) in [6, 6.07) is 7.39. The fourth-order valence-corrected chi connectivity index (χ4v) is 3.03.